The topological polar surface area (TPSA) is 59.9 Å². The molecule has 22 heavy (non-hydrogen) atoms. The first-order chi connectivity index (χ1) is 10.6. The third-order valence-electron chi connectivity index (χ3n) is 3.23. The molecule has 0 aliphatic carbocycles. The van der Waals surface area contributed by atoms with Crippen molar-refractivity contribution >= 4 is 23.2 Å². The Hall–Kier alpha value is -2.53. The van der Waals surface area contributed by atoms with Crippen LogP contribution in [0.1, 0.15) is 22.8 Å². The Morgan fingerprint density at radius 3 is 2.77 bits per heavy atom. The average Bonchev–Trinajstić information content (AvgIpc) is 3.00. The van der Waals surface area contributed by atoms with Gasteiger partial charge < -0.3 is 9.47 Å². The van der Waals surface area contributed by atoms with Gasteiger partial charge in [-0.15, -0.1) is 0 Å². The van der Waals surface area contributed by atoms with Gasteiger partial charge in [-0.2, -0.15) is 5.10 Å². The molecular weight excluding hydrogens is 304 g/mol. The predicted octanol–water partition coefficient (Wildman–Crippen LogP) is 3.22. The molecule has 5 nitrogen and oxygen atoms in total. The molecule has 1 aliphatic rings. The fourth-order valence-corrected chi connectivity index (χ4v) is 2.25. The van der Waals surface area contributed by atoms with Gasteiger partial charge in [0.25, 0.3) is 5.91 Å². The van der Waals surface area contributed by atoms with E-state index in [2.05, 4.69) is 10.5 Å². The number of nitrogens with one attached hydrogen (secondary N) is 1. The minimum Gasteiger partial charge on any atom is -0.454 e. The monoisotopic (exact) mass is 316 g/mol. The number of hydrazone groups is 1. The first-order valence-corrected chi connectivity index (χ1v) is 7.02. The van der Waals surface area contributed by atoms with Crippen LogP contribution in [0.4, 0.5) is 0 Å². The van der Waals surface area contributed by atoms with Crippen molar-refractivity contribution in [1.82, 2.24) is 5.43 Å². The zero-order valence-electron chi connectivity index (χ0n) is 11.8. The highest BCUT2D eigenvalue weighted by Gasteiger charge is 2.14. The van der Waals surface area contributed by atoms with Gasteiger partial charge in [-0.1, -0.05) is 23.7 Å². The molecule has 1 amide bonds. The number of ether oxygens (including phenoxy) is 2. The molecule has 112 valence electrons. The summed E-state index contributed by atoms with van der Waals surface area (Å²) in [4.78, 5) is 12.0. The summed E-state index contributed by atoms with van der Waals surface area (Å²) >= 11 is 5.98. The third kappa shape index (κ3) is 2.89. The Morgan fingerprint density at radius 2 is 1.95 bits per heavy atom. The lowest BCUT2D eigenvalue weighted by Crippen LogP contribution is -2.19. The van der Waals surface area contributed by atoms with E-state index < -0.39 is 0 Å². The van der Waals surface area contributed by atoms with Gasteiger partial charge in [-0.25, -0.2) is 5.43 Å². The van der Waals surface area contributed by atoms with E-state index in [0.717, 1.165) is 5.56 Å². The summed E-state index contributed by atoms with van der Waals surface area (Å²) in [5, 5.41) is 4.48. The number of fused-ring (bicyclic) bond motifs is 1. The number of benzene rings is 2. The average molecular weight is 317 g/mol. The number of hydrogen-bond donors (Lipinski definition) is 1. The highest BCUT2D eigenvalue weighted by atomic mass is 35.5. The predicted molar refractivity (Wildman–Crippen MR) is 83.7 cm³/mol. The summed E-state index contributed by atoms with van der Waals surface area (Å²) in [5.74, 6) is 1.02. The number of nitrogens with zero attached hydrogens (tertiary/aromatic N) is 1. The van der Waals surface area contributed by atoms with E-state index in [1.165, 1.54) is 0 Å². The second-order valence-corrected chi connectivity index (χ2v) is 5.09. The van der Waals surface area contributed by atoms with E-state index in [9.17, 15) is 4.79 Å². The molecule has 0 fully saturated rings. The number of carbonyl (C=O) groups is 1. The summed E-state index contributed by atoms with van der Waals surface area (Å²) in [7, 11) is 0. The van der Waals surface area contributed by atoms with Crippen molar-refractivity contribution < 1.29 is 14.3 Å². The lowest BCUT2D eigenvalue weighted by molar-refractivity contribution is 0.0955. The number of rotatable bonds is 3. The van der Waals surface area contributed by atoms with E-state index in [4.69, 9.17) is 21.1 Å². The smallest absolute Gasteiger partial charge is 0.272 e. The molecule has 0 atom stereocenters. The van der Waals surface area contributed by atoms with Crippen molar-refractivity contribution in [2.45, 2.75) is 6.92 Å². The summed E-state index contributed by atoms with van der Waals surface area (Å²) in [6.45, 7) is 2.02. The molecule has 1 aliphatic heterocycles. The van der Waals surface area contributed by atoms with Gasteiger partial charge in [0.1, 0.15) is 0 Å². The Morgan fingerprint density at radius 1 is 1.18 bits per heavy atom. The van der Waals surface area contributed by atoms with E-state index in [0.29, 0.717) is 27.8 Å². The van der Waals surface area contributed by atoms with Crippen molar-refractivity contribution in [1.29, 1.82) is 0 Å². The normalized spacial score (nSPS) is 13.1. The SMILES string of the molecule is C/C(=N/NC(=O)c1ccccc1Cl)c1ccc2c(c1)OCO2. The highest BCUT2D eigenvalue weighted by Crippen LogP contribution is 2.32. The maximum atomic E-state index is 12.0. The van der Waals surface area contributed by atoms with Gasteiger partial charge in [-0.05, 0) is 37.3 Å². The van der Waals surface area contributed by atoms with Crippen molar-refractivity contribution in [3.63, 3.8) is 0 Å². The second kappa shape index (κ2) is 6.07. The quantitative estimate of drug-likeness (QED) is 0.698. The maximum Gasteiger partial charge on any atom is 0.272 e. The zero-order valence-corrected chi connectivity index (χ0v) is 12.6. The van der Waals surface area contributed by atoms with Crippen LogP contribution in [-0.2, 0) is 0 Å². The van der Waals surface area contributed by atoms with Crippen LogP contribution in [0.15, 0.2) is 47.6 Å². The van der Waals surface area contributed by atoms with Gasteiger partial charge in [-0.3, -0.25) is 4.79 Å². The fraction of sp³-hybridized carbons (Fsp3) is 0.125. The molecule has 1 N–H and O–H groups in total. The van der Waals surface area contributed by atoms with Crippen LogP contribution in [0.2, 0.25) is 5.02 Å². The van der Waals surface area contributed by atoms with Crippen molar-refractivity contribution in [3.05, 3.63) is 58.6 Å². The van der Waals surface area contributed by atoms with Crippen LogP contribution in [0.25, 0.3) is 0 Å². The Kier molecular flexibility index (Phi) is 3.98. The minimum atomic E-state index is -0.356. The van der Waals surface area contributed by atoms with E-state index in [1.807, 2.05) is 18.2 Å². The molecule has 0 saturated carbocycles. The first-order valence-electron chi connectivity index (χ1n) is 6.64. The third-order valence-corrected chi connectivity index (χ3v) is 3.56. The molecule has 1 heterocycles. The van der Waals surface area contributed by atoms with Gasteiger partial charge >= 0.3 is 0 Å². The van der Waals surface area contributed by atoms with Crippen LogP contribution in [0.3, 0.4) is 0 Å². The number of hydrogen-bond acceptors (Lipinski definition) is 4. The Bertz CT molecular complexity index is 759. The molecule has 2 aromatic carbocycles. The Labute approximate surface area is 132 Å². The number of halogens is 1. The van der Waals surface area contributed by atoms with Crippen LogP contribution in [0, 0.1) is 0 Å². The van der Waals surface area contributed by atoms with Crippen molar-refractivity contribution in [2.24, 2.45) is 5.10 Å². The van der Waals surface area contributed by atoms with Gasteiger partial charge in [0.05, 0.1) is 16.3 Å². The van der Waals surface area contributed by atoms with E-state index >= 15 is 0 Å². The molecule has 0 bridgehead atoms. The molecular formula is C16H13ClN2O3. The van der Waals surface area contributed by atoms with Crippen LogP contribution < -0.4 is 14.9 Å². The van der Waals surface area contributed by atoms with E-state index in [-0.39, 0.29) is 12.7 Å². The lowest BCUT2D eigenvalue weighted by atomic mass is 10.1. The second-order valence-electron chi connectivity index (χ2n) is 4.69. The summed E-state index contributed by atoms with van der Waals surface area (Å²) in [6, 6.07) is 12.3. The molecule has 0 unspecified atom stereocenters. The number of carbonyl (C=O) groups excluding carboxylic acids is 1. The van der Waals surface area contributed by atoms with Crippen LogP contribution in [-0.4, -0.2) is 18.4 Å². The van der Waals surface area contributed by atoms with Crippen LogP contribution >= 0.6 is 11.6 Å². The summed E-state index contributed by atoms with van der Waals surface area (Å²) in [6.07, 6.45) is 0. The molecule has 0 spiro atoms. The Balaban J connectivity index is 1.75. The molecule has 3 rings (SSSR count). The summed E-state index contributed by atoms with van der Waals surface area (Å²) in [5.41, 5.74) is 4.37. The maximum absolute atomic E-state index is 12.0. The van der Waals surface area contributed by atoms with Gasteiger partial charge in [0, 0.05) is 5.56 Å². The van der Waals surface area contributed by atoms with Crippen molar-refractivity contribution in [2.75, 3.05) is 6.79 Å². The van der Waals surface area contributed by atoms with Crippen molar-refractivity contribution in [3.8, 4) is 11.5 Å². The molecule has 2 aromatic rings. The van der Waals surface area contributed by atoms with Gasteiger partial charge in [0.2, 0.25) is 6.79 Å². The summed E-state index contributed by atoms with van der Waals surface area (Å²) < 4.78 is 10.6. The minimum absolute atomic E-state index is 0.220. The number of amides is 1. The molecule has 0 saturated heterocycles. The lowest BCUT2D eigenvalue weighted by Gasteiger charge is -2.05. The molecule has 0 radical (unpaired) electrons. The van der Waals surface area contributed by atoms with E-state index in [1.54, 1.807) is 31.2 Å². The molecule has 6 heteroatoms. The zero-order chi connectivity index (χ0) is 15.5. The largest absolute Gasteiger partial charge is 0.454 e. The van der Waals surface area contributed by atoms with Crippen LogP contribution in [0.5, 0.6) is 11.5 Å². The highest BCUT2D eigenvalue weighted by molar-refractivity contribution is 6.33. The molecule has 0 aromatic heterocycles. The first kappa shape index (κ1) is 14.4. The van der Waals surface area contributed by atoms with Gasteiger partial charge in [0.15, 0.2) is 11.5 Å². The fourth-order valence-electron chi connectivity index (χ4n) is 2.03. The standard InChI is InChI=1S/C16H13ClN2O3/c1-10(11-6-7-14-15(8-11)22-9-21-14)18-19-16(20)12-4-2-3-5-13(12)17/h2-8H,9H2,1H3,(H,19,20)/b18-10-.